The summed E-state index contributed by atoms with van der Waals surface area (Å²) in [5, 5.41) is 7.03. The monoisotopic (exact) mass is 371 g/mol. The molecule has 5 heteroatoms. The maximum absolute atomic E-state index is 4.89. The molecule has 5 nitrogen and oxygen atoms in total. The fraction of sp³-hybridized carbons (Fsp3) is 0.682. The molecule has 0 radical (unpaired) electrons. The summed E-state index contributed by atoms with van der Waals surface area (Å²) in [7, 11) is 2.21. The molecule has 2 saturated heterocycles. The van der Waals surface area contributed by atoms with Crippen molar-refractivity contribution in [3.05, 3.63) is 29.8 Å². The van der Waals surface area contributed by atoms with Crippen LogP contribution in [0.25, 0.3) is 0 Å². The lowest BCUT2D eigenvalue weighted by atomic mass is 9.97. The first kappa shape index (κ1) is 20.0. The van der Waals surface area contributed by atoms with Crippen LogP contribution >= 0.6 is 0 Å². The summed E-state index contributed by atoms with van der Waals surface area (Å²) in [6.07, 6.45) is 5.14. The van der Waals surface area contributed by atoms with Crippen molar-refractivity contribution < 1.29 is 0 Å². The largest absolute Gasteiger partial charge is 0.372 e. The van der Waals surface area contributed by atoms with E-state index in [1.807, 2.05) is 0 Å². The van der Waals surface area contributed by atoms with Crippen LogP contribution in [0.4, 0.5) is 5.69 Å². The summed E-state index contributed by atoms with van der Waals surface area (Å²) in [6.45, 7) is 10.9. The molecule has 27 heavy (non-hydrogen) atoms. The summed E-state index contributed by atoms with van der Waals surface area (Å²) in [5.74, 6) is 1.65. The van der Waals surface area contributed by atoms with Crippen molar-refractivity contribution in [3.8, 4) is 0 Å². The fourth-order valence-corrected chi connectivity index (χ4v) is 4.04. The van der Waals surface area contributed by atoms with Crippen LogP contribution in [0.5, 0.6) is 0 Å². The highest BCUT2D eigenvalue weighted by Gasteiger charge is 2.17. The molecule has 1 aromatic rings. The predicted octanol–water partition coefficient (Wildman–Crippen LogP) is 3.24. The molecule has 1 aromatic carbocycles. The molecule has 0 amide bonds. The first-order chi connectivity index (χ1) is 13.2. The van der Waals surface area contributed by atoms with Gasteiger partial charge in [0.1, 0.15) is 0 Å². The number of guanidine groups is 1. The number of benzene rings is 1. The molecule has 2 aliphatic rings. The highest BCUT2D eigenvalue weighted by Crippen LogP contribution is 2.24. The first-order valence-electron chi connectivity index (χ1n) is 10.7. The highest BCUT2D eigenvalue weighted by atomic mass is 15.2. The molecule has 2 heterocycles. The van der Waals surface area contributed by atoms with Crippen molar-refractivity contribution >= 4 is 11.6 Å². The third-order valence-electron chi connectivity index (χ3n) is 5.88. The Morgan fingerprint density at radius 1 is 1.19 bits per heavy atom. The maximum Gasteiger partial charge on any atom is 0.191 e. The molecular formula is C22H37N5. The quantitative estimate of drug-likeness (QED) is 0.595. The van der Waals surface area contributed by atoms with Crippen LogP contribution in [0.15, 0.2) is 29.3 Å². The van der Waals surface area contributed by atoms with E-state index < -0.39 is 0 Å². The zero-order valence-corrected chi connectivity index (χ0v) is 17.4. The number of hydrogen-bond donors (Lipinski definition) is 2. The van der Waals surface area contributed by atoms with Crippen LogP contribution in [-0.4, -0.2) is 57.2 Å². The van der Waals surface area contributed by atoms with E-state index >= 15 is 0 Å². The van der Waals surface area contributed by atoms with E-state index in [1.165, 1.54) is 63.1 Å². The molecule has 2 aliphatic heterocycles. The Kier molecular flexibility index (Phi) is 7.39. The molecule has 0 aromatic heterocycles. The molecular weight excluding hydrogens is 334 g/mol. The normalized spacial score (nSPS) is 20.7. The smallest absolute Gasteiger partial charge is 0.191 e. The van der Waals surface area contributed by atoms with Crippen molar-refractivity contribution in [2.75, 3.05) is 51.2 Å². The molecule has 0 saturated carbocycles. The second-order valence-electron chi connectivity index (χ2n) is 8.12. The van der Waals surface area contributed by atoms with E-state index in [2.05, 4.69) is 65.6 Å². The van der Waals surface area contributed by atoms with Crippen LogP contribution < -0.4 is 15.5 Å². The lowest BCUT2D eigenvalue weighted by Crippen LogP contribution is -2.39. The predicted molar refractivity (Wildman–Crippen MR) is 116 cm³/mol. The number of nitrogens with one attached hydrogen (secondary N) is 2. The third kappa shape index (κ3) is 5.86. The minimum atomic E-state index is 0.239. The van der Waals surface area contributed by atoms with Crippen LogP contribution in [0.2, 0.25) is 0 Å². The molecule has 1 atom stereocenters. The molecule has 3 rings (SSSR count). The summed E-state index contributed by atoms with van der Waals surface area (Å²) >= 11 is 0. The number of rotatable bonds is 6. The molecule has 2 N–H and O–H groups in total. The zero-order chi connectivity index (χ0) is 19.1. The Morgan fingerprint density at radius 2 is 1.93 bits per heavy atom. The van der Waals surface area contributed by atoms with Gasteiger partial charge in [-0.25, -0.2) is 0 Å². The van der Waals surface area contributed by atoms with Gasteiger partial charge in [-0.05, 0) is 83.3 Å². The number of likely N-dealkylation sites (tertiary alicyclic amines) is 1. The van der Waals surface area contributed by atoms with Gasteiger partial charge in [0, 0.05) is 31.9 Å². The zero-order valence-electron chi connectivity index (χ0n) is 17.4. The first-order valence-corrected chi connectivity index (χ1v) is 10.7. The molecule has 1 unspecified atom stereocenters. The van der Waals surface area contributed by atoms with Gasteiger partial charge in [0.25, 0.3) is 0 Å². The van der Waals surface area contributed by atoms with Gasteiger partial charge in [0.05, 0.1) is 6.04 Å². The summed E-state index contributed by atoms with van der Waals surface area (Å²) in [5.41, 5.74) is 2.68. The van der Waals surface area contributed by atoms with Crippen LogP contribution in [0.3, 0.4) is 0 Å². The summed E-state index contributed by atoms with van der Waals surface area (Å²) < 4.78 is 0. The van der Waals surface area contributed by atoms with Gasteiger partial charge < -0.3 is 20.4 Å². The molecule has 0 bridgehead atoms. The van der Waals surface area contributed by atoms with E-state index in [4.69, 9.17) is 4.99 Å². The number of hydrogen-bond acceptors (Lipinski definition) is 3. The van der Waals surface area contributed by atoms with Gasteiger partial charge >= 0.3 is 0 Å². The number of anilines is 1. The van der Waals surface area contributed by atoms with Crippen molar-refractivity contribution in [3.63, 3.8) is 0 Å². The van der Waals surface area contributed by atoms with Gasteiger partial charge in [0.15, 0.2) is 5.96 Å². The van der Waals surface area contributed by atoms with Crippen LogP contribution in [0.1, 0.15) is 51.1 Å². The Hall–Kier alpha value is -1.75. The lowest BCUT2D eigenvalue weighted by Gasteiger charge is -2.28. The lowest BCUT2D eigenvalue weighted by molar-refractivity contribution is 0.223. The Morgan fingerprint density at radius 3 is 2.63 bits per heavy atom. The van der Waals surface area contributed by atoms with E-state index in [9.17, 15) is 0 Å². The summed E-state index contributed by atoms with van der Waals surface area (Å²) in [4.78, 5) is 9.80. The number of nitrogens with zero attached hydrogens (tertiary/aromatic N) is 3. The van der Waals surface area contributed by atoms with Gasteiger partial charge in [-0.1, -0.05) is 12.1 Å². The van der Waals surface area contributed by atoms with Crippen LogP contribution in [0, 0.1) is 5.92 Å². The topological polar surface area (TPSA) is 42.9 Å². The van der Waals surface area contributed by atoms with Gasteiger partial charge in [-0.15, -0.1) is 0 Å². The molecule has 0 spiro atoms. The SMILES string of the molecule is CCNC(=NCC1CCN(C)CC1)NC(C)c1cccc(N2CCCC2)c1. The highest BCUT2D eigenvalue weighted by molar-refractivity contribution is 5.80. The molecule has 0 aliphatic carbocycles. The van der Waals surface area contributed by atoms with E-state index in [-0.39, 0.29) is 6.04 Å². The van der Waals surface area contributed by atoms with Crippen molar-refractivity contribution in [2.45, 2.75) is 45.6 Å². The Labute approximate surface area is 165 Å². The second-order valence-corrected chi connectivity index (χ2v) is 8.12. The Bertz CT molecular complexity index is 600. The van der Waals surface area contributed by atoms with Gasteiger partial charge in [-0.2, -0.15) is 0 Å². The third-order valence-corrected chi connectivity index (χ3v) is 5.88. The minimum Gasteiger partial charge on any atom is -0.372 e. The Balaban J connectivity index is 1.59. The summed E-state index contributed by atoms with van der Waals surface area (Å²) in [6, 6.07) is 9.22. The number of aliphatic imine (C=N–C) groups is 1. The minimum absolute atomic E-state index is 0.239. The second kappa shape index (κ2) is 9.98. The maximum atomic E-state index is 4.89. The number of piperidine rings is 1. The van der Waals surface area contributed by atoms with E-state index in [0.717, 1.165) is 19.0 Å². The van der Waals surface area contributed by atoms with Crippen molar-refractivity contribution in [2.24, 2.45) is 10.9 Å². The standard InChI is InChI=1S/C22H37N5/c1-4-23-22(24-17-19-10-14-26(3)15-11-19)25-18(2)20-8-7-9-21(16-20)27-12-5-6-13-27/h7-9,16,18-19H,4-6,10-15,17H2,1-3H3,(H2,23,24,25). The average Bonchev–Trinajstić information content (AvgIpc) is 3.22. The van der Waals surface area contributed by atoms with E-state index in [0.29, 0.717) is 5.92 Å². The van der Waals surface area contributed by atoms with Gasteiger partial charge in [-0.3, -0.25) is 4.99 Å². The fourth-order valence-electron chi connectivity index (χ4n) is 4.04. The van der Waals surface area contributed by atoms with Gasteiger partial charge in [0.2, 0.25) is 0 Å². The van der Waals surface area contributed by atoms with E-state index in [1.54, 1.807) is 0 Å². The molecule has 150 valence electrons. The average molecular weight is 372 g/mol. The molecule has 2 fully saturated rings. The van der Waals surface area contributed by atoms with Crippen LogP contribution in [-0.2, 0) is 0 Å². The van der Waals surface area contributed by atoms with Crippen molar-refractivity contribution in [1.82, 2.24) is 15.5 Å². The van der Waals surface area contributed by atoms with Crippen molar-refractivity contribution in [1.29, 1.82) is 0 Å².